The molecule has 2 aromatic heterocycles. The van der Waals surface area contributed by atoms with Crippen molar-refractivity contribution in [2.75, 3.05) is 0 Å². The molecule has 0 bridgehead atoms. The number of hydrogen-bond acceptors (Lipinski definition) is 4. The molecule has 0 saturated heterocycles. The number of nitrogens with zero attached hydrogens (tertiary/aromatic N) is 2. The standard InChI is InChI=1S/C20H16F2N4O/c1-12-20(13-5-7-15(21)8-6-13,14-9-10-23-17(22)11-14)26-19(24-12)16-3-2-4-18(27)25-16/h2-12H,1H3,(H,24,26)(H,25,27)/t12-,20-/m1/s1. The highest BCUT2D eigenvalue weighted by Crippen LogP contribution is 2.40. The van der Waals surface area contributed by atoms with E-state index in [-0.39, 0.29) is 17.4 Å². The minimum absolute atomic E-state index is 0.251. The van der Waals surface area contributed by atoms with E-state index in [1.807, 2.05) is 6.92 Å². The van der Waals surface area contributed by atoms with Crippen molar-refractivity contribution in [1.82, 2.24) is 15.3 Å². The summed E-state index contributed by atoms with van der Waals surface area (Å²) >= 11 is 0. The van der Waals surface area contributed by atoms with Gasteiger partial charge in [-0.05, 0) is 48.4 Å². The summed E-state index contributed by atoms with van der Waals surface area (Å²) in [4.78, 5) is 22.9. The number of aliphatic imine (C=N–C) groups is 1. The Hall–Kier alpha value is -3.35. The van der Waals surface area contributed by atoms with E-state index in [1.54, 1.807) is 30.3 Å². The van der Waals surface area contributed by atoms with Crippen molar-refractivity contribution < 1.29 is 8.78 Å². The van der Waals surface area contributed by atoms with Crippen LogP contribution in [0.2, 0.25) is 0 Å². The first-order chi connectivity index (χ1) is 13.0. The number of benzene rings is 1. The first kappa shape index (κ1) is 17.1. The van der Waals surface area contributed by atoms with E-state index in [0.717, 1.165) is 0 Å². The molecule has 2 atom stereocenters. The molecule has 0 amide bonds. The van der Waals surface area contributed by atoms with E-state index in [1.165, 1.54) is 30.5 Å². The van der Waals surface area contributed by atoms with Crippen LogP contribution >= 0.6 is 0 Å². The number of aromatic amines is 1. The highest BCUT2D eigenvalue weighted by Gasteiger charge is 2.45. The topological polar surface area (TPSA) is 70.1 Å². The zero-order valence-electron chi connectivity index (χ0n) is 14.4. The van der Waals surface area contributed by atoms with Crippen LogP contribution < -0.4 is 10.9 Å². The molecule has 0 fully saturated rings. The summed E-state index contributed by atoms with van der Waals surface area (Å²) in [6.07, 6.45) is 1.38. The number of pyridine rings is 2. The molecule has 1 aliphatic heterocycles. The van der Waals surface area contributed by atoms with E-state index in [0.29, 0.717) is 22.7 Å². The van der Waals surface area contributed by atoms with Gasteiger partial charge < -0.3 is 10.3 Å². The van der Waals surface area contributed by atoms with E-state index in [9.17, 15) is 13.6 Å². The molecule has 0 radical (unpaired) electrons. The summed E-state index contributed by atoms with van der Waals surface area (Å²) in [5.74, 6) is -0.523. The van der Waals surface area contributed by atoms with Crippen LogP contribution in [0, 0.1) is 11.8 Å². The van der Waals surface area contributed by atoms with Crippen LogP contribution in [0.25, 0.3) is 0 Å². The van der Waals surface area contributed by atoms with Gasteiger partial charge in [0.25, 0.3) is 0 Å². The maximum atomic E-state index is 13.9. The fourth-order valence-electron chi connectivity index (χ4n) is 3.48. The zero-order valence-corrected chi connectivity index (χ0v) is 14.4. The number of halogens is 2. The van der Waals surface area contributed by atoms with Crippen LogP contribution in [0.3, 0.4) is 0 Å². The molecule has 5 nitrogen and oxygen atoms in total. The molecule has 0 unspecified atom stereocenters. The molecule has 27 heavy (non-hydrogen) atoms. The van der Waals surface area contributed by atoms with Gasteiger partial charge in [0, 0.05) is 12.3 Å². The first-order valence-corrected chi connectivity index (χ1v) is 8.43. The molecule has 0 saturated carbocycles. The minimum atomic E-state index is -1.00. The molecule has 136 valence electrons. The lowest BCUT2D eigenvalue weighted by Gasteiger charge is -2.31. The van der Waals surface area contributed by atoms with Gasteiger partial charge in [-0.1, -0.05) is 18.2 Å². The third kappa shape index (κ3) is 2.91. The number of H-pyrrole nitrogens is 1. The van der Waals surface area contributed by atoms with Gasteiger partial charge in [-0.25, -0.2) is 14.4 Å². The number of nitrogens with one attached hydrogen (secondary N) is 2. The molecule has 1 aromatic carbocycles. The molecule has 1 aliphatic rings. The molecule has 3 aromatic rings. The third-order valence-electron chi connectivity index (χ3n) is 4.74. The quantitative estimate of drug-likeness (QED) is 0.701. The Morgan fingerprint density at radius 3 is 2.52 bits per heavy atom. The van der Waals surface area contributed by atoms with E-state index < -0.39 is 11.5 Å². The average Bonchev–Trinajstić information content (AvgIpc) is 3.01. The molecule has 7 heteroatoms. The Morgan fingerprint density at radius 1 is 1.04 bits per heavy atom. The van der Waals surface area contributed by atoms with Gasteiger partial charge in [0.15, 0.2) is 0 Å². The van der Waals surface area contributed by atoms with Crippen LogP contribution in [-0.2, 0) is 5.54 Å². The van der Waals surface area contributed by atoms with E-state index in [2.05, 4.69) is 15.3 Å². The Morgan fingerprint density at radius 2 is 1.81 bits per heavy atom. The van der Waals surface area contributed by atoms with Crippen LogP contribution in [0.4, 0.5) is 8.78 Å². The summed E-state index contributed by atoms with van der Waals surface area (Å²) in [5, 5.41) is 3.26. The average molecular weight is 366 g/mol. The van der Waals surface area contributed by atoms with Gasteiger partial charge in [0.05, 0.1) is 11.7 Å². The van der Waals surface area contributed by atoms with Gasteiger partial charge in [-0.3, -0.25) is 4.79 Å². The molecular formula is C20H16F2N4O. The van der Waals surface area contributed by atoms with Gasteiger partial charge in [0.1, 0.15) is 17.2 Å². The fourth-order valence-corrected chi connectivity index (χ4v) is 3.48. The Balaban J connectivity index is 1.95. The molecule has 4 rings (SSSR count). The summed E-state index contributed by atoms with van der Waals surface area (Å²) in [6.45, 7) is 1.90. The molecular weight excluding hydrogens is 350 g/mol. The van der Waals surface area contributed by atoms with Gasteiger partial charge in [-0.15, -0.1) is 0 Å². The second-order valence-corrected chi connectivity index (χ2v) is 6.40. The van der Waals surface area contributed by atoms with Crippen molar-refractivity contribution in [1.29, 1.82) is 0 Å². The zero-order chi connectivity index (χ0) is 19.0. The monoisotopic (exact) mass is 366 g/mol. The SMILES string of the molecule is C[C@H]1NC(c2cccc(=O)[nH]2)=N[C@]1(c1ccc(F)cc1)c1ccnc(F)c1. The number of amidine groups is 1. The minimum Gasteiger partial charge on any atom is -0.363 e. The van der Waals surface area contributed by atoms with Gasteiger partial charge in [0.2, 0.25) is 11.5 Å². The predicted molar refractivity (Wildman–Crippen MR) is 97.6 cm³/mol. The van der Waals surface area contributed by atoms with Crippen molar-refractivity contribution >= 4 is 5.84 Å². The highest BCUT2D eigenvalue weighted by molar-refractivity contribution is 5.99. The van der Waals surface area contributed by atoms with Crippen LogP contribution in [-0.4, -0.2) is 21.8 Å². The first-order valence-electron chi connectivity index (χ1n) is 8.43. The Bertz CT molecular complexity index is 1080. The van der Waals surface area contributed by atoms with Crippen LogP contribution in [0.15, 0.2) is 70.6 Å². The van der Waals surface area contributed by atoms with E-state index in [4.69, 9.17) is 4.99 Å². The second-order valence-electron chi connectivity index (χ2n) is 6.40. The lowest BCUT2D eigenvalue weighted by Crippen LogP contribution is -2.41. The van der Waals surface area contributed by atoms with Crippen molar-refractivity contribution in [2.24, 2.45) is 4.99 Å². The fraction of sp³-hybridized carbons (Fsp3) is 0.150. The summed E-state index contributed by atoms with van der Waals surface area (Å²) in [6, 6.07) is 13.4. The molecule has 0 spiro atoms. The smallest absolute Gasteiger partial charge is 0.248 e. The summed E-state index contributed by atoms with van der Waals surface area (Å²) in [5.41, 5.74) is 0.545. The maximum Gasteiger partial charge on any atom is 0.248 e. The predicted octanol–water partition coefficient (Wildman–Crippen LogP) is 2.73. The highest BCUT2D eigenvalue weighted by atomic mass is 19.1. The number of hydrogen-bond donors (Lipinski definition) is 2. The van der Waals surface area contributed by atoms with Crippen molar-refractivity contribution in [3.8, 4) is 0 Å². The molecule has 0 aliphatic carbocycles. The Kier molecular flexibility index (Phi) is 4.07. The van der Waals surface area contributed by atoms with Crippen LogP contribution in [0.5, 0.6) is 0 Å². The third-order valence-corrected chi connectivity index (χ3v) is 4.74. The molecule has 2 N–H and O–H groups in total. The van der Waals surface area contributed by atoms with Gasteiger partial charge >= 0.3 is 0 Å². The van der Waals surface area contributed by atoms with E-state index >= 15 is 0 Å². The maximum absolute atomic E-state index is 13.9. The van der Waals surface area contributed by atoms with Crippen LogP contribution in [0.1, 0.15) is 23.7 Å². The molecule has 3 heterocycles. The normalized spacial score (nSPS) is 21.6. The largest absolute Gasteiger partial charge is 0.363 e. The lowest BCUT2D eigenvalue weighted by molar-refractivity contribution is 0.448. The lowest BCUT2D eigenvalue weighted by atomic mass is 9.79. The van der Waals surface area contributed by atoms with Crippen molar-refractivity contribution in [3.05, 3.63) is 99.7 Å². The number of aromatic nitrogens is 2. The van der Waals surface area contributed by atoms with Crippen molar-refractivity contribution in [2.45, 2.75) is 18.5 Å². The van der Waals surface area contributed by atoms with Gasteiger partial charge in [-0.2, -0.15) is 4.39 Å². The Labute approximate surface area is 153 Å². The van der Waals surface area contributed by atoms with Crippen molar-refractivity contribution in [3.63, 3.8) is 0 Å². The second kappa shape index (κ2) is 6.42. The number of rotatable bonds is 3. The summed E-state index contributed by atoms with van der Waals surface area (Å²) < 4.78 is 27.4. The summed E-state index contributed by atoms with van der Waals surface area (Å²) in [7, 11) is 0.